The van der Waals surface area contributed by atoms with Gasteiger partial charge in [0, 0.05) is 17.7 Å². The lowest BCUT2D eigenvalue weighted by Crippen LogP contribution is -2.40. The molecule has 6 nitrogen and oxygen atoms in total. The van der Waals surface area contributed by atoms with Crippen LogP contribution in [0.5, 0.6) is 0 Å². The molecule has 2 heterocycles. The van der Waals surface area contributed by atoms with Crippen LogP contribution in [0.1, 0.15) is 81.9 Å². The minimum absolute atomic E-state index is 0.151. The number of rotatable bonds is 5. The van der Waals surface area contributed by atoms with Crippen LogP contribution in [0.4, 0.5) is 5.95 Å². The molecule has 0 aliphatic heterocycles. The van der Waals surface area contributed by atoms with Crippen molar-refractivity contribution in [2.24, 2.45) is 0 Å². The Balaban J connectivity index is 1.46. The number of carbonyl (C=O) groups excluding carboxylic acids is 1. The van der Waals surface area contributed by atoms with E-state index in [4.69, 9.17) is 4.98 Å². The van der Waals surface area contributed by atoms with Crippen LogP contribution in [0.25, 0.3) is 11.2 Å². The highest BCUT2D eigenvalue weighted by atomic mass is 16.3. The molecule has 0 bridgehead atoms. The Hall–Kier alpha value is -1.95. The third-order valence-corrected chi connectivity index (χ3v) is 6.55. The maximum atomic E-state index is 12.5. The topological polar surface area (TPSA) is 80.0 Å². The number of imidazole rings is 1. The molecule has 0 aromatic carbocycles. The molecule has 26 heavy (non-hydrogen) atoms. The van der Waals surface area contributed by atoms with Gasteiger partial charge in [0.2, 0.25) is 11.9 Å². The largest absolute Gasteiger partial charge is 0.389 e. The van der Waals surface area contributed by atoms with Crippen LogP contribution in [0.15, 0.2) is 12.1 Å². The normalized spacial score (nSPS) is 22.5. The zero-order valence-electron chi connectivity index (χ0n) is 15.1. The smallest absolute Gasteiger partial charge is 0.229 e. The van der Waals surface area contributed by atoms with Gasteiger partial charge in [-0.3, -0.25) is 14.7 Å². The molecule has 2 N–H and O–H groups in total. The molecule has 1 amide bonds. The summed E-state index contributed by atoms with van der Waals surface area (Å²) in [6, 6.07) is 4.50. The molecular weight excluding hydrogens is 328 g/mol. The van der Waals surface area contributed by atoms with Crippen molar-refractivity contribution in [3.05, 3.63) is 17.8 Å². The van der Waals surface area contributed by atoms with E-state index in [0.717, 1.165) is 36.1 Å². The monoisotopic (exact) mass is 354 g/mol. The first kappa shape index (κ1) is 16.2. The van der Waals surface area contributed by atoms with Crippen molar-refractivity contribution in [1.82, 2.24) is 14.5 Å². The second-order valence-corrected chi connectivity index (χ2v) is 8.40. The number of nitrogens with zero attached hydrogens (tertiary/aromatic N) is 3. The van der Waals surface area contributed by atoms with E-state index >= 15 is 0 Å². The summed E-state index contributed by atoms with van der Waals surface area (Å²) in [4.78, 5) is 22.1. The standard InChI is InChI=1S/C20H26N4O2/c25-17(12-20(26)10-3-11-20)23-19-22-16-9-8-15(13-4-1-5-13)21-18(16)24(19)14-6-2-7-14/h8-9,13-14,26H,1-7,10-12H2,(H,22,23,25). The Morgan fingerprint density at radius 1 is 1.15 bits per heavy atom. The lowest BCUT2D eigenvalue weighted by Gasteiger charge is -2.36. The second kappa shape index (κ2) is 6.05. The van der Waals surface area contributed by atoms with Crippen molar-refractivity contribution in [3.8, 4) is 0 Å². The first-order valence-electron chi connectivity index (χ1n) is 10.0. The summed E-state index contributed by atoms with van der Waals surface area (Å²) < 4.78 is 2.13. The SMILES string of the molecule is O=C(CC1(O)CCC1)Nc1nc2ccc(C3CCC3)nc2n1C1CCC1. The van der Waals surface area contributed by atoms with Gasteiger partial charge in [-0.05, 0) is 63.5 Å². The van der Waals surface area contributed by atoms with Gasteiger partial charge in [0.15, 0.2) is 5.65 Å². The number of hydrogen-bond acceptors (Lipinski definition) is 4. The van der Waals surface area contributed by atoms with Gasteiger partial charge in [0.1, 0.15) is 5.52 Å². The number of aliphatic hydroxyl groups is 1. The van der Waals surface area contributed by atoms with E-state index < -0.39 is 5.60 Å². The number of amides is 1. The summed E-state index contributed by atoms with van der Waals surface area (Å²) in [7, 11) is 0. The molecular formula is C20H26N4O2. The van der Waals surface area contributed by atoms with E-state index in [0.29, 0.717) is 30.7 Å². The van der Waals surface area contributed by atoms with Crippen molar-refractivity contribution < 1.29 is 9.90 Å². The Bertz CT molecular complexity index is 847. The summed E-state index contributed by atoms with van der Waals surface area (Å²) in [5.74, 6) is 1.02. The molecule has 138 valence electrons. The number of fused-ring (bicyclic) bond motifs is 1. The van der Waals surface area contributed by atoms with Gasteiger partial charge in [-0.15, -0.1) is 0 Å². The minimum atomic E-state index is -0.812. The molecule has 3 aliphatic rings. The van der Waals surface area contributed by atoms with Gasteiger partial charge in [-0.1, -0.05) is 6.42 Å². The number of hydrogen-bond donors (Lipinski definition) is 2. The predicted octanol–water partition coefficient (Wildman–Crippen LogP) is 3.67. The van der Waals surface area contributed by atoms with E-state index in [-0.39, 0.29) is 12.3 Å². The number of pyridine rings is 1. The van der Waals surface area contributed by atoms with Gasteiger partial charge >= 0.3 is 0 Å². The summed E-state index contributed by atoms with van der Waals surface area (Å²) in [5.41, 5.74) is 2.09. The third kappa shape index (κ3) is 2.71. The van der Waals surface area contributed by atoms with Gasteiger partial charge < -0.3 is 5.11 Å². The quantitative estimate of drug-likeness (QED) is 0.858. The number of anilines is 1. The van der Waals surface area contributed by atoms with Crippen molar-refractivity contribution >= 4 is 23.0 Å². The van der Waals surface area contributed by atoms with Gasteiger partial charge in [-0.25, -0.2) is 9.97 Å². The maximum Gasteiger partial charge on any atom is 0.229 e. The molecule has 0 spiro atoms. The zero-order valence-corrected chi connectivity index (χ0v) is 15.1. The molecule has 0 atom stereocenters. The van der Waals surface area contributed by atoms with Crippen molar-refractivity contribution in [2.75, 3.05) is 5.32 Å². The molecule has 6 heteroatoms. The number of nitrogens with one attached hydrogen (secondary N) is 1. The lowest BCUT2D eigenvalue weighted by atomic mass is 9.78. The van der Waals surface area contributed by atoms with Crippen molar-refractivity contribution in [1.29, 1.82) is 0 Å². The van der Waals surface area contributed by atoms with Crippen LogP contribution in [0, 0.1) is 0 Å². The Labute approximate surface area is 153 Å². The average Bonchev–Trinajstić information content (AvgIpc) is 2.80. The van der Waals surface area contributed by atoms with Crippen LogP contribution in [-0.2, 0) is 4.79 Å². The first-order valence-corrected chi connectivity index (χ1v) is 10.0. The van der Waals surface area contributed by atoms with Crippen LogP contribution in [0.3, 0.4) is 0 Å². The van der Waals surface area contributed by atoms with E-state index in [1.165, 1.54) is 25.7 Å². The number of aromatic nitrogens is 3. The van der Waals surface area contributed by atoms with Gasteiger partial charge in [0.05, 0.1) is 12.0 Å². The summed E-state index contributed by atoms with van der Waals surface area (Å²) in [6.07, 6.45) is 9.73. The van der Waals surface area contributed by atoms with E-state index in [1.54, 1.807) is 0 Å². The summed E-state index contributed by atoms with van der Waals surface area (Å²) in [6.45, 7) is 0. The second-order valence-electron chi connectivity index (χ2n) is 8.40. The highest BCUT2D eigenvalue weighted by Gasteiger charge is 2.37. The minimum Gasteiger partial charge on any atom is -0.389 e. The van der Waals surface area contributed by atoms with Crippen LogP contribution in [0.2, 0.25) is 0 Å². The van der Waals surface area contributed by atoms with Crippen LogP contribution in [-0.4, -0.2) is 31.1 Å². The molecule has 0 radical (unpaired) electrons. The van der Waals surface area contributed by atoms with E-state index in [2.05, 4.69) is 20.9 Å². The van der Waals surface area contributed by atoms with E-state index in [1.807, 2.05) is 6.07 Å². The molecule has 0 saturated heterocycles. The third-order valence-electron chi connectivity index (χ3n) is 6.55. The highest BCUT2D eigenvalue weighted by molar-refractivity contribution is 5.91. The summed E-state index contributed by atoms with van der Waals surface area (Å²) in [5, 5.41) is 13.2. The van der Waals surface area contributed by atoms with E-state index in [9.17, 15) is 9.90 Å². The maximum absolute atomic E-state index is 12.5. The first-order chi connectivity index (χ1) is 12.6. The Morgan fingerprint density at radius 2 is 1.92 bits per heavy atom. The van der Waals surface area contributed by atoms with Gasteiger partial charge in [-0.2, -0.15) is 0 Å². The Morgan fingerprint density at radius 3 is 2.50 bits per heavy atom. The molecule has 2 aromatic heterocycles. The fourth-order valence-electron chi connectivity index (χ4n) is 4.23. The molecule has 3 saturated carbocycles. The number of carbonyl (C=O) groups is 1. The van der Waals surface area contributed by atoms with Crippen LogP contribution < -0.4 is 5.32 Å². The molecule has 3 fully saturated rings. The molecule has 3 aliphatic carbocycles. The van der Waals surface area contributed by atoms with Crippen LogP contribution >= 0.6 is 0 Å². The molecule has 5 rings (SSSR count). The zero-order chi connectivity index (χ0) is 17.7. The lowest BCUT2D eigenvalue weighted by molar-refractivity contribution is -0.125. The van der Waals surface area contributed by atoms with Gasteiger partial charge in [0.25, 0.3) is 0 Å². The average molecular weight is 354 g/mol. The fraction of sp³-hybridized carbons (Fsp3) is 0.650. The molecule has 0 unspecified atom stereocenters. The predicted molar refractivity (Wildman–Crippen MR) is 99.1 cm³/mol. The van der Waals surface area contributed by atoms with Crippen molar-refractivity contribution in [2.45, 2.75) is 81.8 Å². The highest BCUT2D eigenvalue weighted by Crippen LogP contribution is 2.40. The Kier molecular flexibility index (Phi) is 3.78. The van der Waals surface area contributed by atoms with Crippen molar-refractivity contribution in [3.63, 3.8) is 0 Å². The molecule has 2 aromatic rings. The summed E-state index contributed by atoms with van der Waals surface area (Å²) >= 11 is 0. The fourth-order valence-corrected chi connectivity index (χ4v) is 4.23.